The van der Waals surface area contributed by atoms with Gasteiger partial charge in [-0.15, -0.1) is 0 Å². The first-order valence-electron chi connectivity index (χ1n) is 8.90. The van der Waals surface area contributed by atoms with Gasteiger partial charge in [0.1, 0.15) is 0 Å². The van der Waals surface area contributed by atoms with Gasteiger partial charge in [-0.1, -0.05) is 25.1 Å². The first-order valence-corrected chi connectivity index (χ1v) is 8.90. The monoisotopic (exact) mass is 282 g/mol. The molecule has 1 aromatic carbocycles. The Bertz CT molecular complexity index is 583. The van der Waals surface area contributed by atoms with E-state index in [-0.39, 0.29) is 0 Å². The third kappa shape index (κ3) is 1.34. The Kier molecular flexibility index (Phi) is 2.41. The fourth-order valence-corrected chi connectivity index (χ4v) is 6.60. The van der Waals surface area contributed by atoms with Crippen LogP contribution in [0.5, 0.6) is 0 Å². The van der Waals surface area contributed by atoms with Crippen molar-refractivity contribution in [2.75, 3.05) is 18.4 Å². The van der Waals surface area contributed by atoms with Crippen molar-refractivity contribution >= 4 is 5.69 Å². The molecule has 2 nitrogen and oxygen atoms in total. The third-order valence-corrected chi connectivity index (χ3v) is 7.38. The molecular weight excluding hydrogens is 256 g/mol. The first kappa shape index (κ1) is 12.5. The maximum atomic E-state index is 3.90. The number of anilines is 1. The number of nitrogens with one attached hydrogen (secondary N) is 1. The molecule has 0 amide bonds. The van der Waals surface area contributed by atoms with Crippen LogP contribution >= 0.6 is 0 Å². The van der Waals surface area contributed by atoms with Crippen molar-refractivity contribution in [1.82, 2.24) is 4.90 Å². The highest BCUT2D eigenvalue weighted by Gasteiger charge is 2.65. The summed E-state index contributed by atoms with van der Waals surface area (Å²) in [5, 5.41) is 3.90. The van der Waals surface area contributed by atoms with Crippen LogP contribution in [0, 0.1) is 5.41 Å². The maximum absolute atomic E-state index is 3.90. The zero-order valence-electron chi connectivity index (χ0n) is 13.1. The molecule has 4 atom stereocenters. The normalized spacial score (nSPS) is 43.9. The van der Waals surface area contributed by atoms with Gasteiger partial charge in [0, 0.05) is 23.2 Å². The van der Waals surface area contributed by atoms with E-state index >= 15 is 0 Å². The Hall–Kier alpha value is -1.02. The topological polar surface area (TPSA) is 15.3 Å². The number of fused-ring (bicyclic) bond motifs is 1. The molecule has 0 unspecified atom stereocenters. The van der Waals surface area contributed by atoms with Crippen molar-refractivity contribution in [2.24, 2.45) is 5.41 Å². The highest BCUT2D eigenvalue weighted by molar-refractivity contribution is 5.64. The molecule has 4 aliphatic rings. The van der Waals surface area contributed by atoms with Crippen molar-refractivity contribution in [3.63, 3.8) is 0 Å². The van der Waals surface area contributed by atoms with E-state index in [1.807, 2.05) is 0 Å². The number of benzene rings is 1. The van der Waals surface area contributed by atoms with Crippen molar-refractivity contribution < 1.29 is 0 Å². The zero-order valence-corrected chi connectivity index (χ0v) is 13.1. The number of hydrogen-bond acceptors (Lipinski definition) is 2. The van der Waals surface area contributed by atoms with Crippen molar-refractivity contribution in [1.29, 1.82) is 0 Å². The fraction of sp³-hybridized carbons (Fsp3) is 0.684. The van der Waals surface area contributed by atoms with Gasteiger partial charge < -0.3 is 5.32 Å². The summed E-state index contributed by atoms with van der Waals surface area (Å²) >= 11 is 0. The number of nitrogens with zero attached hydrogens (tertiary/aromatic N) is 1. The first-order chi connectivity index (χ1) is 10.3. The summed E-state index contributed by atoms with van der Waals surface area (Å²) in [6.45, 7) is 5.10. The summed E-state index contributed by atoms with van der Waals surface area (Å²) in [6, 6.07) is 10.7. The molecule has 0 bridgehead atoms. The summed E-state index contributed by atoms with van der Waals surface area (Å²) in [6.07, 6.45) is 8.41. The molecule has 3 heterocycles. The van der Waals surface area contributed by atoms with Gasteiger partial charge in [-0.2, -0.15) is 0 Å². The molecule has 0 aromatic heterocycles. The summed E-state index contributed by atoms with van der Waals surface area (Å²) in [5.74, 6) is 0. The second-order valence-corrected chi connectivity index (χ2v) is 7.83. The van der Waals surface area contributed by atoms with Gasteiger partial charge in [0.2, 0.25) is 0 Å². The predicted octanol–water partition coefficient (Wildman–Crippen LogP) is 3.78. The van der Waals surface area contributed by atoms with E-state index in [9.17, 15) is 0 Å². The Balaban J connectivity index is 1.72. The molecule has 2 heteroatoms. The molecule has 21 heavy (non-hydrogen) atoms. The van der Waals surface area contributed by atoms with Crippen LogP contribution in [-0.2, 0) is 5.41 Å². The molecule has 1 N–H and O–H groups in total. The smallest absolute Gasteiger partial charge is 0.0382 e. The van der Waals surface area contributed by atoms with E-state index in [0.717, 1.165) is 6.04 Å². The lowest BCUT2D eigenvalue weighted by molar-refractivity contribution is -0.0309. The molecule has 3 fully saturated rings. The molecule has 3 aliphatic heterocycles. The predicted molar refractivity (Wildman–Crippen MR) is 86.7 cm³/mol. The second-order valence-electron chi connectivity index (χ2n) is 7.83. The van der Waals surface area contributed by atoms with Gasteiger partial charge in [-0.05, 0) is 68.7 Å². The van der Waals surface area contributed by atoms with Gasteiger partial charge in [-0.25, -0.2) is 0 Å². The second kappa shape index (κ2) is 4.04. The SMILES string of the molecule is CC[C@]12CCCN3CC[C@@]4(c5ccccc5N[C@H]4CC1)[C@@H]32. The van der Waals surface area contributed by atoms with E-state index in [1.54, 1.807) is 5.56 Å². The third-order valence-electron chi connectivity index (χ3n) is 7.38. The molecule has 5 rings (SSSR count). The van der Waals surface area contributed by atoms with Crippen LogP contribution in [0.15, 0.2) is 24.3 Å². The van der Waals surface area contributed by atoms with Crippen molar-refractivity contribution in [2.45, 2.75) is 62.9 Å². The summed E-state index contributed by atoms with van der Waals surface area (Å²) in [5.41, 5.74) is 4.07. The molecule has 112 valence electrons. The Morgan fingerprint density at radius 2 is 2.10 bits per heavy atom. The highest BCUT2D eigenvalue weighted by atomic mass is 15.2. The van der Waals surface area contributed by atoms with Crippen LogP contribution in [0.3, 0.4) is 0 Å². The van der Waals surface area contributed by atoms with Crippen LogP contribution in [0.25, 0.3) is 0 Å². The van der Waals surface area contributed by atoms with E-state index in [0.29, 0.717) is 16.9 Å². The minimum atomic E-state index is 0.408. The lowest BCUT2D eigenvalue weighted by Crippen LogP contribution is -2.63. The van der Waals surface area contributed by atoms with Gasteiger partial charge in [0.15, 0.2) is 0 Å². The number of rotatable bonds is 1. The number of hydrogen-bond donors (Lipinski definition) is 1. The summed E-state index contributed by atoms with van der Waals surface area (Å²) in [7, 11) is 0. The molecule has 2 saturated heterocycles. The average molecular weight is 282 g/mol. The van der Waals surface area contributed by atoms with Crippen LogP contribution in [0.4, 0.5) is 5.69 Å². The van der Waals surface area contributed by atoms with Crippen LogP contribution < -0.4 is 5.32 Å². The fourth-order valence-electron chi connectivity index (χ4n) is 6.60. The number of piperidine rings is 1. The molecule has 1 spiro atoms. The Labute approximate surface area is 127 Å². The van der Waals surface area contributed by atoms with E-state index in [4.69, 9.17) is 0 Å². The van der Waals surface area contributed by atoms with E-state index < -0.39 is 0 Å². The maximum Gasteiger partial charge on any atom is 0.0382 e. The summed E-state index contributed by atoms with van der Waals surface area (Å²) in [4.78, 5) is 2.86. The largest absolute Gasteiger partial charge is 0.381 e. The molecule has 0 radical (unpaired) electrons. The summed E-state index contributed by atoms with van der Waals surface area (Å²) < 4.78 is 0. The van der Waals surface area contributed by atoms with Gasteiger partial charge >= 0.3 is 0 Å². The van der Waals surface area contributed by atoms with E-state index in [2.05, 4.69) is 41.4 Å². The quantitative estimate of drug-likeness (QED) is 0.843. The van der Waals surface area contributed by atoms with Gasteiger partial charge in [-0.3, -0.25) is 4.90 Å². The lowest BCUT2D eigenvalue weighted by Gasteiger charge is -2.58. The molecule has 1 aliphatic carbocycles. The van der Waals surface area contributed by atoms with E-state index in [1.165, 1.54) is 57.3 Å². The van der Waals surface area contributed by atoms with Crippen LogP contribution in [-0.4, -0.2) is 30.1 Å². The highest BCUT2D eigenvalue weighted by Crippen LogP contribution is 2.63. The average Bonchev–Trinajstić information content (AvgIpc) is 3.08. The molecular formula is C19H26N2. The van der Waals surface area contributed by atoms with Crippen LogP contribution in [0.2, 0.25) is 0 Å². The Morgan fingerprint density at radius 3 is 3.00 bits per heavy atom. The molecule has 1 saturated carbocycles. The Morgan fingerprint density at radius 1 is 1.19 bits per heavy atom. The van der Waals surface area contributed by atoms with Gasteiger partial charge in [0.25, 0.3) is 0 Å². The number of para-hydroxylation sites is 1. The zero-order chi connectivity index (χ0) is 14.1. The lowest BCUT2D eigenvalue weighted by atomic mass is 9.52. The van der Waals surface area contributed by atoms with Crippen LogP contribution in [0.1, 0.15) is 51.0 Å². The van der Waals surface area contributed by atoms with Crippen molar-refractivity contribution in [3.05, 3.63) is 29.8 Å². The minimum Gasteiger partial charge on any atom is -0.381 e. The van der Waals surface area contributed by atoms with Crippen molar-refractivity contribution in [3.8, 4) is 0 Å². The standard InChI is InChI=1S/C19H26N2/c1-2-18-9-5-12-21-13-11-19(17(18)21)14-6-3-4-7-15(14)20-16(19)8-10-18/h3-4,6-7,16-17,20H,2,5,8-13H2,1H3/t16-,17-,18-,19-/m0/s1. The van der Waals surface area contributed by atoms with Gasteiger partial charge in [0.05, 0.1) is 0 Å². The minimum absolute atomic E-state index is 0.408. The molecule has 1 aromatic rings.